The van der Waals surface area contributed by atoms with Gasteiger partial charge >= 0.3 is 29.8 Å². The molecular weight excluding hydrogens is 1210 g/mol. The number of carbonyl (C=O) groups is 5. The Morgan fingerprint density at radius 3 is 1.19 bits per heavy atom. The van der Waals surface area contributed by atoms with Crippen LogP contribution in [0.2, 0.25) is 0 Å². The Bertz CT molecular complexity index is 4180. The maximum absolute atomic E-state index is 12.0. The van der Waals surface area contributed by atoms with Crippen LogP contribution in [0.1, 0.15) is 110 Å². The molecule has 5 aromatic carbocycles. The summed E-state index contributed by atoms with van der Waals surface area (Å²) in [6.45, 7) is 2.38. The van der Waals surface area contributed by atoms with Gasteiger partial charge in [0.15, 0.2) is 19.0 Å². The van der Waals surface area contributed by atoms with Crippen molar-refractivity contribution in [1.82, 2.24) is 103 Å². The molecule has 0 bridgehead atoms. The Balaban J connectivity index is 0.000000151. The first-order valence-corrected chi connectivity index (χ1v) is 28.9. The number of hydrogen-bond donors (Lipinski definition) is 5. The zero-order valence-electron chi connectivity index (χ0n) is 50.8. The average molecular weight is 1270 g/mol. The molecule has 1 saturated carbocycles. The smallest absolute Gasteiger partial charge is 0.343 e. The minimum Gasteiger partial charge on any atom is -0.465 e. The third-order valence-corrected chi connectivity index (χ3v) is 13.1. The number of H-pyrrole nitrogens is 5. The van der Waals surface area contributed by atoms with Gasteiger partial charge in [0.25, 0.3) is 0 Å². The second-order valence-electron chi connectivity index (χ2n) is 19.5. The van der Waals surface area contributed by atoms with Gasteiger partial charge in [0, 0.05) is 52.8 Å². The number of aromatic amines is 5. The van der Waals surface area contributed by atoms with E-state index < -0.39 is 11.9 Å². The number of hydrogen-bond acceptors (Lipinski definition) is 25. The van der Waals surface area contributed by atoms with Crippen LogP contribution >= 0.6 is 0 Å². The number of unbranched alkanes of at least 4 members (excludes halogenated alkanes) is 1. The highest BCUT2D eigenvalue weighted by Crippen LogP contribution is 2.23. The number of tetrazole rings is 5. The molecule has 0 unspecified atom stereocenters. The molecule has 0 spiro atoms. The van der Waals surface area contributed by atoms with Crippen LogP contribution in [-0.4, -0.2) is 159 Å². The maximum Gasteiger partial charge on any atom is 0.343 e. The number of esters is 5. The quantitative estimate of drug-likeness (QED) is 0.0218. The van der Waals surface area contributed by atoms with E-state index in [2.05, 4.69) is 126 Å². The maximum atomic E-state index is 12.0. The molecule has 0 atom stereocenters. The number of ether oxygens (including phenoxy) is 5. The molecule has 94 heavy (non-hydrogen) atoms. The third-order valence-electron chi connectivity index (χ3n) is 13.1. The van der Waals surface area contributed by atoms with Crippen molar-refractivity contribution in [1.29, 1.82) is 0 Å². The van der Waals surface area contributed by atoms with Crippen LogP contribution in [0.15, 0.2) is 146 Å². The Morgan fingerprint density at radius 2 is 0.840 bits per heavy atom. The van der Waals surface area contributed by atoms with E-state index in [0.29, 0.717) is 82.1 Å². The van der Waals surface area contributed by atoms with Crippen molar-refractivity contribution in [3.05, 3.63) is 174 Å². The molecule has 1 aliphatic carbocycles. The molecule has 476 valence electrons. The van der Waals surface area contributed by atoms with Gasteiger partial charge in [-0.05, 0) is 119 Å². The first-order valence-electron chi connectivity index (χ1n) is 28.9. The van der Waals surface area contributed by atoms with Crippen molar-refractivity contribution in [3.8, 4) is 86.9 Å². The van der Waals surface area contributed by atoms with Crippen LogP contribution < -0.4 is 9.30 Å². The molecule has 1 fully saturated rings. The number of nitrogens with zero attached hydrogens (tertiary/aromatic N) is 16. The van der Waals surface area contributed by atoms with E-state index in [4.69, 9.17) is 25.4 Å². The van der Waals surface area contributed by atoms with Crippen LogP contribution in [0.25, 0.3) is 56.9 Å². The molecule has 6 heterocycles. The van der Waals surface area contributed by atoms with E-state index in [9.17, 15) is 24.0 Å². The third kappa shape index (κ3) is 20.8. The van der Waals surface area contributed by atoms with Crippen molar-refractivity contribution in [2.75, 3.05) is 20.3 Å². The molecule has 1 aliphatic rings. The lowest BCUT2D eigenvalue weighted by Crippen LogP contribution is -2.25. The van der Waals surface area contributed by atoms with E-state index >= 15 is 0 Å². The lowest BCUT2D eigenvalue weighted by atomic mass is 9.98. The number of terminal acetylenes is 1. The van der Waals surface area contributed by atoms with E-state index in [1.165, 1.54) is 13.5 Å². The summed E-state index contributed by atoms with van der Waals surface area (Å²) in [6.07, 6.45) is 16.3. The summed E-state index contributed by atoms with van der Waals surface area (Å²) in [7, 11) is 3.23. The fraction of sp³-hybridized carbons (Fsp3) is 0.222. The molecule has 12 rings (SSSR count). The molecule has 11 aromatic rings. The molecule has 0 aliphatic heterocycles. The SMILES string of the molecule is C#CCCCOC(=O)c1ccc(-c2nn[nH]n2)cc1.CCC#CCOC(=O)c1ccc(-c2nn[nH]n2)cc1.COC(=O)c1ccc(-c2nn[nH]n2)cc1.C[n+]1ccc(OC(=O)c2ccc(-c3nn[nH]n3)cc2)cc1.O=C(OC1CCCCC1)c1ccc(-c2nn[nH]n2)cc1. The van der Waals surface area contributed by atoms with Crippen molar-refractivity contribution >= 4 is 29.8 Å². The Hall–Kier alpha value is -12.9. The predicted octanol–water partition coefficient (Wildman–Crippen LogP) is 6.79. The van der Waals surface area contributed by atoms with Gasteiger partial charge in [0.1, 0.15) is 18.9 Å². The van der Waals surface area contributed by atoms with E-state index in [0.717, 1.165) is 59.9 Å². The van der Waals surface area contributed by atoms with Gasteiger partial charge in [-0.1, -0.05) is 79.9 Å². The van der Waals surface area contributed by atoms with Crippen molar-refractivity contribution in [3.63, 3.8) is 0 Å². The second-order valence-corrected chi connectivity index (χ2v) is 19.5. The second kappa shape index (κ2) is 35.9. The molecule has 31 nitrogen and oxygen atoms in total. The normalized spacial score (nSPS) is 11.2. The Labute approximate surface area is 535 Å². The van der Waals surface area contributed by atoms with Gasteiger partial charge in [-0.15, -0.1) is 69.3 Å². The molecule has 0 amide bonds. The zero-order chi connectivity index (χ0) is 66.1. The predicted molar refractivity (Wildman–Crippen MR) is 331 cm³/mol. The summed E-state index contributed by atoms with van der Waals surface area (Å²) in [4.78, 5) is 58.5. The molecule has 5 N–H and O–H groups in total. The Morgan fingerprint density at radius 1 is 0.479 bits per heavy atom. The number of aromatic nitrogens is 21. The van der Waals surface area contributed by atoms with Gasteiger partial charge < -0.3 is 23.7 Å². The summed E-state index contributed by atoms with van der Waals surface area (Å²) in [6, 6.07) is 37.7. The van der Waals surface area contributed by atoms with E-state index in [-0.39, 0.29) is 30.6 Å². The van der Waals surface area contributed by atoms with Crippen LogP contribution in [0, 0.1) is 24.2 Å². The standard InChI is InChI=1S/C14H11N5O2.C14H16N4O2.2C13H12N4O2.C9H8N4O2/c1-19-8-6-12(7-9-19)21-14(20)11-4-2-10(3-5-11)13-15-17-18-16-13;19-14(20-12-4-2-1-3-5-12)11-8-6-10(7-9-11)13-15-17-18-16-13;2*1-2-3-4-9-19-13(18)11-7-5-10(6-8-11)12-14-16-17-15-12;1-15-9(14)7-4-2-6(3-5-7)8-10-12-13-11-8/h2-9H,1H3;6-9,12H,1-5H2,(H,15,16,17,18);5-8H,2,9H2,1H3,(H,14,15,16,17);1,5-8H,3-4,9H2,(H,14,15,16,17);2-5H,1H3,(H,10,11,12,13)/p+1. The fourth-order valence-corrected chi connectivity index (χ4v) is 8.22. The number of aryl methyl sites for hydroxylation is 1. The van der Waals surface area contributed by atoms with E-state index in [1.54, 1.807) is 133 Å². The first kappa shape index (κ1) is 67.0. The fourth-order valence-electron chi connectivity index (χ4n) is 8.22. The van der Waals surface area contributed by atoms with Gasteiger partial charge in [-0.3, -0.25) is 0 Å². The summed E-state index contributed by atoms with van der Waals surface area (Å²) < 4.78 is 27.3. The summed E-state index contributed by atoms with van der Waals surface area (Å²) >= 11 is 0. The largest absolute Gasteiger partial charge is 0.465 e. The highest BCUT2D eigenvalue weighted by molar-refractivity contribution is 5.93. The summed E-state index contributed by atoms with van der Waals surface area (Å²) in [5.74, 6) is 9.21. The van der Waals surface area contributed by atoms with Crippen LogP contribution in [0.5, 0.6) is 5.75 Å². The van der Waals surface area contributed by atoms with Crippen molar-refractivity contribution in [2.45, 2.75) is 64.4 Å². The topological polar surface area (TPSA) is 408 Å². The zero-order valence-corrected chi connectivity index (χ0v) is 50.8. The summed E-state index contributed by atoms with van der Waals surface area (Å²) in [5, 5.41) is 67.8. The first-order chi connectivity index (χ1) is 46.0. The van der Waals surface area contributed by atoms with Gasteiger partial charge in [0.05, 0.1) is 41.5 Å². The van der Waals surface area contributed by atoms with Crippen molar-refractivity contribution < 1.29 is 52.2 Å². The lowest BCUT2D eigenvalue weighted by molar-refractivity contribution is -0.671. The number of carbonyl (C=O) groups excluding carboxylic acids is 5. The summed E-state index contributed by atoms with van der Waals surface area (Å²) in [5.41, 5.74) is 6.37. The van der Waals surface area contributed by atoms with E-state index in [1.807, 2.05) is 30.9 Å². The number of nitrogens with one attached hydrogen (secondary N) is 5. The molecule has 0 radical (unpaired) electrons. The lowest BCUT2D eigenvalue weighted by Gasteiger charge is -2.21. The Kier molecular flexibility index (Phi) is 25.6. The molecule has 0 saturated heterocycles. The highest BCUT2D eigenvalue weighted by atomic mass is 16.6. The molecule has 6 aromatic heterocycles. The van der Waals surface area contributed by atoms with Gasteiger partial charge in [0.2, 0.25) is 29.1 Å². The molecular formula is C63H60N21O10+. The van der Waals surface area contributed by atoms with Crippen LogP contribution in [0.3, 0.4) is 0 Å². The number of benzene rings is 5. The van der Waals surface area contributed by atoms with Gasteiger partial charge in [-0.25, -0.2) is 28.5 Å². The minimum atomic E-state index is -0.413. The molecule has 31 heteroatoms. The van der Waals surface area contributed by atoms with Gasteiger partial charge in [-0.2, -0.15) is 26.1 Å². The number of pyridine rings is 1. The minimum absolute atomic E-state index is 0.0770. The van der Waals surface area contributed by atoms with Crippen molar-refractivity contribution in [2.24, 2.45) is 7.05 Å². The number of rotatable bonds is 16. The monoisotopic (exact) mass is 1270 g/mol. The van der Waals surface area contributed by atoms with Crippen LogP contribution in [0.4, 0.5) is 0 Å². The number of methoxy groups -OCH3 is 1. The average Bonchev–Trinajstić information content (AvgIpc) is 3.04. The van der Waals surface area contributed by atoms with Crippen LogP contribution in [-0.2, 0) is 26.0 Å². The highest BCUT2D eigenvalue weighted by Gasteiger charge is 2.20.